The molecular formula is C10H8ClF2IO. The van der Waals surface area contributed by atoms with Crippen LogP contribution in [0.4, 0.5) is 8.78 Å². The number of benzene rings is 1. The van der Waals surface area contributed by atoms with Crippen molar-refractivity contribution in [3.63, 3.8) is 0 Å². The van der Waals surface area contributed by atoms with Gasteiger partial charge in [-0.05, 0) is 40.8 Å². The molecule has 0 aliphatic carbocycles. The molecule has 1 nitrogen and oxygen atoms in total. The highest BCUT2D eigenvalue weighted by molar-refractivity contribution is 14.1. The molecule has 0 saturated carbocycles. The molecule has 0 unspecified atom stereocenters. The van der Waals surface area contributed by atoms with Gasteiger partial charge in [0, 0.05) is 27.0 Å². The molecule has 0 fully saturated rings. The third-order valence-electron chi connectivity index (χ3n) is 1.82. The largest absolute Gasteiger partial charge is 0.294 e. The molecule has 0 N–H and O–H groups in total. The third kappa shape index (κ3) is 3.68. The summed E-state index contributed by atoms with van der Waals surface area (Å²) in [5, 5.41) is 0. The summed E-state index contributed by atoms with van der Waals surface area (Å²) in [6, 6.07) is 4.17. The predicted octanol–water partition coefficient (Wildman–Crippen LogP) is 4.04. The van der Waals surface area contributed by atoms with E-state index in [1.807, 2.05) is 22.6 Å². The fourth-order valence-corrected chi connectivity index (χ4v) is 2.00. The van der Waals surface area contributed by atoms with Crippen LogP contribution in [0.5, 0.6) is 0 Å². The van der Waals surface area contributed by atoms with Gasteiger partial charge < -0.3 is 0 Å². The Morgan fingerprint density at radius 1 is 1.40 bits per heavy atom. The molecule has 5 heteroatoms. The Balaban J connectivity index is 3.03. The van der Waals surface area contributed by atoms with Gasteiger partial charge in [0.2, 0.25) is 0 Å². The SMILES string of the molecule is O=C(CCCl)c1cc(I)cc(C(F)F)c1. The quantitative estimate of drug-likeness (QED) is 0.458. The molecule has 0 heterocycles. The number of hydrogen-bond donors (Lipinski definition) is 0. The molecule has 1 aromatic rings. The molecule has 0 radical (unpaired) electrons. The molecule has 0 aliphatic rings. The maximum absolute atomic E-state index is 12.4. The summed E-state index contributed by atoms with van der Waals surface area (Å²) in [5.41, 5.74) is 0.178. The Labute approximate surface area is 105 Å². The number of rotatable bonds is 4. The number of carbonyl (C=O) groups is 1. The second-order valence-electron chi connectivity index (χ2n) is 2.94. The van der Waals surface area contributed by atoms with Gasteiger partial charge in [-0.25, -0.2) is 8.78 Å². The molecule has 1 aromatic carbocycles. The van der Waals surface area contributed by atoms with Gasteiger partial charge >= 0.3 is 0 Å². The van der Waals surface area contributed by atoms with Crippen LogP contribution in [0.1, 0.15) is 28.8 Å². The molecular weight excluding hydrogens is 336 g/mol. The van der Waals surface area contributed by atoms with Gasteiger partial charge in [0.15, 0.2) is 5.78 Å². The Bertz CT molecular complexity index is 368. The highest BCUT2D eigenvalue weighted by atomic mass is 127. The van der Waals surface area contributed by atoms with Crippen LogP contribution in [0.3, 0.4) is 0 Å². The van der Waals surface area contributed by atoms with E-state index < -0.39 is 6.43 Å². The molecule has 15 heavy (non-hydrogen) atoms. The molecule has 0 aliphatic heterocycles. The van der Waals surface area contributed by atoms with Crippen molar-refractivity contribution in [1.82, 2.24) is 0 Å². The highest BCUT2D eigenvalue weighted by Gasteiger charge is 2.12. The standard InChI is InChI=1S/C10H8ClF2IO/c11-2-1-9(15)6-3-7(10(12)13)5-8(14)4-6/h3-5,10H,1-2H2. The summed E-state index contributed by atoms with van der Waals surface area (Å²) in [7, 11) is 0. The van der Waals surface area contributed by atoms with Crippen molar-refractivity contribution < 1.29 is 13.6 Å². The zero-order valence-electron chi connectivity index (χ0n) is 7.64. The summed E-state index contributed by atoms with van der Waals surface area (Å²) in [5.74, 6) is -0.000622. The fourth-order valence-electron chi connectivity index (χ4n) is 1.13. The van der Waals surface area contributed by atoms with E-state index in [-0.39, 0.29) is 23.6 Å². The Kier molecular flexibility index (Phi) is 4.92. The topological polar surface area (TPSA) is 17.1 Å². The summed E-state index contributed by atoms with van der Waals surface area (Å²) in [6.07, 6.45) is -2.38. The normalized spacial score (nSPS) is 10.7. The van der Waals surface area contributed by atoms with E-state index in [0.29, 0.717) is 9.13 Å². The van der Waals surface area contributed by atoms with Crippen molar-refractivity contribution in [3.8, 4) is 0 Å². The van der Waals surface area contributed by atoms with Crippen molar-refractivity contribution in [1.29, 1.82) is 0 Å². The van der Waals surface area contributed by atoms with E-state index in [0.717, 1.165) is 0 Å². The van der Waals surface area contributed by atoms with Gasteiger partial charge in [-0.2, -0.15) is 0 Å². The summed E-state index contributed by atoms with van der Waals surface area (Å²) in [6.45, 7) is 0. The Morgan fingerprint density at radius 2 is 2.07 bits per heavy atom. The number of carbonyl (C=O) groups excluding carboxylic acids is 1. The van der Waals surface area contributed by atoms with Gasteiger partial charge in [0.05, 0.1) is 0 Å². The van der Waals surface area contributed by atoms with E-state index >= 15 is 0 Å². The van der Waals surface area contributed by atoms with E-state index in [1.54, 1.807) is 6.07 Å². The van der Waals surface area contributed by atoms with Crippen LogP contribution in [0.25, 0.3) is 0 Å². The van der Waals surface area contributed by atoms with Crippen LogP contribution in [-0.2, 0) is 0 Å². The van der Waals surface area contributed by atoms with Gasteiger partial charge in [-0.1, -0.05) is 0 Å². The molecule has 0 aromatic heterocycles. The minimum atomic E-state index is -2.55. The second kappa shape index (κ2) is 5.75. The summed E-state index contributed by atoms with van der Waals surface area (Å²) < 4.78 is 25.5. The lowest BCUT2D eigenvalue weighted by atomic mass is 10.1. The van der Waals surface area contributed by atoms with Crippen LogP contribution in [-0.4, -0.2) is 11.7 Å². The predicted molar refractivity (Wildman–Crippen MR) is 63.8 cm³/mol. The zero-order valence-corrected chi connectivity index (χ0v) is 10.6. The second-order valence-corrected chi connectivity index (χ2v) is 4.56. The minimum Gasteiger partial charge on any atom is -0.294 e. The van der Waals surface area contributed by atoms with Crippen molar-refractivity contribution in [2.75, 3.05) is 5.88 Å². The molecule has 0 amide bonds. The molecule has 0 saturated heterocycles. The van der Waals surface area contributed by atoms with Gasteiger partial charge in [0.25, 0.3) is 6.43 Å². The zero-order chi connectivity index (χ0) is 11.4. The minimum absolute atomic E-state index is 0.125. The smallest absolute Gasteiger partial charge is 0.263 e. The summed E-state index contributed by atoms with van der Waals surface area (Å²) in [4.78, 5) is 11.4. The van der Waals surface area contributed by atoms with Crippen LogP contribution in [0, 0.1) is 3.57 Å². The molecule has 1 rings (SSSR count). The first-order valence-electron chi connectivity index (χ1n) is 4.22. The van der Waals surface area contributed by atoms with Crippen molar-refractivity contribution >= 4 is 40.0 Å². The van der Waals surface area contributed by atoms with E-state index in [1.165, 1.54) is 12.1 Å². The van der Waals surface area contributed by atoms with Gasteiger partial charge in [-0.15, -0.1) is 11.6 Å². The first-order chi connectivity index (χ1) is 7.04. The van der Waals surface area contributed by atoms with Crippen molar-refractivity contribution in [2.45, 2.75) is 12.8 Å². The van der Waals surface area contributed by atoms with Gasteiger partial charge in [-0.3, -0.25) is 4.79 Å². The third-order valence-corrected chi connectivity index (χ3v) is 2.63. The maximum Gasteiger partial charge on any atom is 0.263 e. The van der Waals surface area contributed by atoms with Crippen LogP contribution in [0.2, 0.25) is 0 Å². The van der Waals surface area contributed by atoms with Crippen LogP contribution >= 0.6 is 34.2 Å². The molecule has 0 spiro atoms. The Morgan fingerprint density at radius 3 is 2.60 bits per heavy atom. The number of alkyl halides is 3. The molecule has 0 atom stereocenters. The van der Waals surface area contributed by atoms with Crippen molar-refractivity contribution in [3.05, 3.63) is 32.9 Å². The number of hydrogen-bond acceptors (Lipinski definition) is 1. The first kappa shape index (κ1) is 12.8. The van der Waals surface area contributed by atoms with Crippen molar-refractivity contribution in [2.24, 2.45) is 0 Å². The first-order valence-corrected chi connectivity index (χ1v) is 5.83. The maximum atomic E-state index is 12.4. The average molecular weight is 345 g/mol. The fraction of sp³-hybridized carbons (Fsp3) is 0.300. The van der Waals surface area contributed by atoms with Crippen LogP contribution in [0.15, 0.2) is 18.2 Å². The van der Waals surface area contributed by atoms with Crippen LogP contribution < -0.4 is 0 Å². The monoisotopic (exact) mass is 344 g/mol. The van der Waals surface area contributed by atoms with Gasteiger partial charge in [0.1, 0.15) is 0 Å². The summed E-state index contributed by atoms with van der Waals surface area (Å²) >= 11 is 7.33. The number of Topliss-reactive ketones (excluding diaryl/α,β-unsaturated/α-hetero) is 1. The number of ketones is 1. The lowest BCUT2D eigenvalue weighted by molar-refractivity contribution is 0.0988. The lowest BCUT2D eigenvalue weighted by Gasteiger charge is -2.04. The molecule has 82 valence electrons. The van der Waals surface area contributed by atoms with E-state index in [4.69, 9.17) is 11.6 Å². The lowest BCUT2D eigenvalue weighted by Crippen LogP contribution is -2.01. The Hall–Kier alpha value is -0.230. The average Bonchev–Trinajstić information content (AvgIpc) is 2.17. The van der Waals surface area contributed by atoms with E-state index in [2.05, 4.69) is 0 Å². The molecule has 0 bridgehead atoms. The van der Waals surface area contributed by atoms with E-state index in [9.17, 15) is 13.6 Å². The highest BCUT2D eigenvalue weighted by Crippen LogP contribution is 2.23. The number of halogens is 4.